The van der Waals surface area contributed by atoms with Crippen molar-refractivity contribution < 1.29 is 9.47 Å². The average molecular weight is 219 g/mol. The summed E-state index contributed by atoms with van der Waals surface area (Å²) in [5, 5.41) is 0. The molecule has 1 aromatic carbocycles. The molecule has 0 amide bonds. The molecule has 2 aliphatic heterocycles. The molecule has 1 atom stereocenters. The summed E-state index contributed by atoms with van der Waals surface area (Å²) in [6.07, 6.45) is 0.432. The molecule has 86 valence electrons. The summed E-state index contributed by atoms with van der Waals surface area (Å²) >= 11 is 0. The van der Waals surface area contributed by atoms with Crippen molar-refractivity contribution in [2.24, 2.45) is 0 Å². The molecular formula is C13H17NO2. The van der Waals surface area contributed by atoms with Gasteiger partial charge in [0.05, 0.1) is 32.0 Å². The van der Waals surface area contributed by atoms with Crippen LogP contribution in [0.5, 0.6) is 0 Å². The van der Waals surface area contributed by atoms with Gasteiger partial charge in [0.15, 0.2) is 0 Å². The van der Waals surface area contributed by atoms with Gasteiger partial charge < -0.3 is 14.4 Å². The van der Waals surface area contributed by atoms with E-state index < -0.39 is 0 Å². The van der Waals surface area contributed by atoms with Crippen LogP contribution in [0.25, 0.3) is 0 Å². The lowest BCUT2D eigenvalue weighted by atomic mass is 10.1. The molecule has 0 spiro atoms. The molecule has 2 saturated heterocycles. The van der Waals surface area contributed by atoms with Crippen LogP contribution in [0.2, 0.25) is 0 Å². The Bertz CT molecular complexity index is 355. The second-order valence-electron chi connectivity index (χ2n) is 4.63. The molecule has 0 aromatic heterocycles. The summed E-state index contributed by atoms with van der Waals surface area (Å²) in [4.78, 5) is 2.42. The molecule has 3 rings (SSSR count). The number of benzene rings is 1. The van der Waals surface area contributed by atoms with E-state index in [4.69, 9.17) is 9.47 Å². The largest absolute Gasteiger partial charge is 0.377 e. The zero-order valence-corrected chi connectivity index (χ0v) is 9.56. The van der Waals surface area contributed by atoms with E-state index in [2.05, 4.69) is 36.1 Å². The van der Waals surface area contributed by atoms with Crippen LogP contribution in [0.4, 0.5) is 5.69 Å². The van der Waals surface area contributed by atoms with Crippen molar-refractivity contribution in [2.45, 2.75) is 19.1 Å². The van der Waals surface area contributed by atoms with E-state index in [9.17, 15) is 0 Å². The maximum atomic E-state index is 5.32. The second-order valence-corrected chi connectivity index (χ2v) is 4.63. The van der Waals surface area contributed by atoms with Crippen LogP contribution in [-0.2, 0) is 9.47 Å². The summed E-state index contributed by atoms with van der Waals surface area (Å²) < 4.78 is 10.6. The highest BCUT2D eigenvalue weighted by Gasteiger charge is 2.32. The monoisotopic (exact) mass is 219 g/mol. The predicted molar refractivity (Wildman–Crippen MR) is 62.9 cm³/mol. The van der Waals surface area contributed by atoms with E-state index in [0.29, 0.717) is 12.1 Å². The lowest BCUT2D eigenvalue weighted by Gasteiger charge is -2.38. The molecule has 0 N–H and O–H groups in total. The Labute approximate surface area is 96.0 Å². The van der Waals surface area contributed by atoms with E-state index in [1.165, 1.54) is 11.3 Å². The molecule has 1 unspecified atom stereocenters. The number of ether oxygens (including phenoxy) is 2. The molecule has 2 aliphatic rings. The van der Waals surface area contributed by atoms with Crippen LogP contribution in [0, 0.1) is 6.92 Å². The van der Waals surface area contributed by atoms with Crippen LogP contribution in [0.3, 0.4) is 0 Å². The molecule has 0 bridgehead atoms. The second kappa shape index (κ2) is 4.07. The van der Waals surface area contributed by atoms with Crippen molar-refractivity contribution >= 4 is 5.69 Å². The fourth-order valence-corrected chi connectivity index (χ4v) is 2.00. The van der Waals surface area contributed by atoms with Crippen LogP contribution < -0.4 is 4.90 Å². The lowest BCUT2D eigenvalue weighted by molar-refractivity contribution is 0.00764. The van der Waals surface area contributed by atoms with E-state index in [-0.39, 0.29) is 0 Å². The number of epoxide rings is 1. The summed E-state index contributed by atoms with van der Waals surface area (Å²) in [6, 6.07) is 9.24. The first-order chi connectivity index (χ1) is 7.83. The third kappa shape index (κ3) is 2.06. The van der Waals surface area contributed by atoms with Gasteiger partial charge in [-0.1, -0.05) is 17.7 Å². The van der Waals surface area contributed by atoms with E-state index in [0.717, 1.165) is 26.4 Å². The van der Waals surface area contributed by atoms with E-state index in [1.54, 1.807) is 0 Å². The minimum Gasteiger partial charge on any atom is -0.377 e. The highest BCUT2D eigenvalue weighted by atomic mass is 16.6. The van der Waals surface area contributed by atoms with Gasteiger partial charge in [0.25, 0.3) is 0 Å². The normalized spacial score (nSPS) is 23.9. The van der Waals surface area contributed by atoms with Crippen LogP contribution in [0.15, 0.2) is 24.3 Å². The van der Waals surface area contributed by atoms with Gasteiger partial charge in [-0.05, 0) is 19.1 Å². The Hall–Kier alpha value is -1.06. The molecule has 1 aromatic rings. The smallest absolute Gasteiger partial charge is 0.0984 e. The zero-order chi connectivity index (χ0) is 11.0. The first kappa shape index (κ1) is 10.1. The number of hydrogen-bond donors (Lipinski definition) is 0. The van der Waals surface area contributed by atoms with Crippen molar-refractivity contribution in [1.29, 1.82) is 0 Å². The Morgan fingerprint density at radius 2 is 1.88 bits per heavy atom. The Morgan fingerprint density at radius 1 is 1.19 bits per heavy atom. The Balaban J connectivity index is 1.76. The zero-order valence-electron chi connectivity index (χ0n) is 9.56. The van der Waals surface area contributed by atoms with Gasteiger partial charge in [-0.15, -0.1) is 0 Å². The molecule has 2 heterocycles. The van der Waals surface area contributed by atoms with Crippen LogP contribution >= 0.6 is 0 Å². The highest BCUT2D eigenvalue weighted by molar-refractivity contribution is 5.49. The molecule has 3 heteroatoms. The molecule has 0 saturated carbocycles. The van der Waals surface area contributed by atoms with Gasteiger partial charge in [-0.25, -0.2) is 0 Å². The molecular weight excluding hydrogens is 202 g/mol. The van der Waals surface area contributed by atoms with Crippen molar-refractivity contribution in [1.82, 2.24) is 0 Å². The van der Waals surface area contributed by atoms with Gasteiger partial charge in [0.2, 0.25) is 0 Å². The van der Waals surface area contributed by atoms with Crippen LogP contribution in [-0.4, -0.2) is 38.5 Å². The molecule has 2 fully saturated rings. The number of nitrogens with zero attached hydrogens (tertiary/aromatic N) is 1. The van der Waals surface area contributed by atoms with Crippen LogP contribution in [0.1, 0.15) is 5.56 Å². The minimum absolute atomic E-state index is 0.432. The van der Waals surface area contributed by atoms with Crippen molar-refractivity contribution in [3.8, 4) is 0 Å². The van der Waals surface area contributed by atoms with Gasteiger partial charge in [0, 0.05) is 12.2 Å². The van der Waals surface area contributed by atoms with Crippen molar-refractivity contribution in [2.75, 3.05) is 31.3 Å². The topological polar surface area (TPSA) is 25.0 Å². The Morgan fingerprint density at radius 3 is 2.38 bits per heavy atom. The number of rotatable bonds is 4. The lowest BCUT2D eigenvalue weighted by Crippen LogP contribution is -2.50. The first-order valence-electron chi connectivity index (χ1n) is 5.85. The minimum atomic E-state index is 0.432. The number of hydrogen-bond acceptors (Lipinski definition) is 3. The maximum Gasteiger partial charge on any atom is 0.0984 e. The van der Waals surface area contributed by atoms with Gasteiger partial charge in [0.1, 0.15) is 0 Å². The van der Waals surface area contributed by atoms with Gasteiger partial charge in [-0.2, -0.15) is 0 Å². The average Bonchev–Trinajstić information content (AvgIpc) is 2.99. The molecule has 16 heavy (non-hydrogen) atoms. The summed E-state index contributed by atoms with van der Waals surface area (Å²) in [6.45, 7) is 5.72. The summed E-state index contributed by atoms with van der Waals surface area (Å²) in [5.74, 6) is 0. The van der Waals surface area contributed by atoms with Crippen molar-refractivity contribution in [3.05, 3.63) is 29.8 Å². The molecule has 0 radical (unpaired) electrons. The maximum absolute atomic E-state index is 5.32. The first-order valence-corrected chi connectivity index (χ1v) is 5.85. The SMILES string of the molecule is Cc1ccc(N(CC2CO2)C2COC2)cc1. The van der Waals surface area contributed by atoms with Crippen molar-refractivity contribution in [3.63, 3.8) is 0 Å². The molecule has 3 nitrogen and oxygen atoms in total. The third-order valence-electron chi connectivity index (χ3n) is 3.23. The standard InChI is InChI=1S/C13H17NO2/c1-10-2-4-11(5-3-10)14(6-13-9-16-13)12-7-15-8-12/h2-5,12-13H,6-9H2,1H3. The summed E-state index contributed by atoms with van der Waals surface area (Å²) in [7, 11) is 0. The third-order valence-corrected chi connectivity index (χ3v) is 3.23. The predicted octanol–water partition coefficient (Wildman–Crippen LogP) is 1.60. The Kier molecular flexibility index (Phi) is 2.58. The fraction of sp³-hybridized carbons (Fsp3) is 0.538. The van der Waals surface area contributed by atoms with E-state index >= 15 is 0 Å². The highest BCUT2D eigenvalue weighted by Crippen LogP contribution is 2.24. The number of aryl methyl sites for hydroxylation is 1. The number of anilines is 1. The quantitative estimate of drug-likeness (QED) is 0.719. The summed E-state index contributed by atoms with van der Waals surface area (Å²) in [5.41, 5.74) is 2.59. The van der Waals surface area contributed by atoms with Gasteiger partial charge in [-0.3, -0.25) is 0 Å². The van der Waals surface area contributed by atoms with Gasteiger partial charge >= 0.3 is 0 Å². The fourth-order valence-electron chi connectivity index (χ4n) is 2.00. The van der Waals surface area contributed by atoms with E-state index in [1.807, 2.05) is 0 Å². The molecule has 0 aliphatic carbocycles.